The van der Waals surface area contributed by atoms with Crippen LogP contribution in [0.2, 0.25) is 0 Å². The molecule has 9 heteroatoms. The molecule has 2 N–H and O–H groups in total. The zero-order valence-electron chi connectivity index (χ0n) is 17.5. The Balaban J connectivity index is 1.56. The molecule has 0 aromatic heterocycles. The highest BCUT2D eigenvalue weighted by Crippen LogP contribution is 2.46. The number of aliphatic hydroxyl groups excluding tert-OH is 2. The average Bonchev–Trinajstić information content (AvgIpc) is 3.21. The summed E-state index contributed by atoms with van der Waals surface area (Å²) in [5, 5.41) is 19.3. The van der Waals surface area contributed by atoms with Gasteiger partial charge in [-0.15, -0.1) is 0 Å². The Morgan fingerprint density at radius 3 is 2.41 bits per heavy atom. The van der Waals surface area contributed by atoms with Crippen molar-refractivity contribution in [3.8, 4) is 0 Å². The Morgan fingerprint density at radius 1 is 1.00 bits per heavy atom. The number of hydrogen-bond acceptors (Lipinski definition) is 9. The summed E-state index contributed by atoms with van der Waals surface area (Å²) in [5.41, 5.74) is 0. The summed E-state index contributed by atoms with van der Waals surface area (Å²) >= 11 is 0. The maximum atomic E-state index is 9.65. The fraction of sp³-hybridized carbons (Fsp3) is 1.00. The molecule has 2 saturated heterocycles. The van der Waals surface area contributed by atoms with Gasteiger partial charge in [-0.1, -0.05) is 6.42 Å². The normalized spacial score (nSPS) is 32.2. The van der Waals surface area contributed by atoms with Crippen LogP contribution in [0.1, 0.15) is 39.0 Å². The molecule has 0 amide bonds. The van der Waals surface area contributed by atoms with Crippen molar-refractivity contribution < 1.29 is 43.4 Å². The van der Waals surface area contributed by atoms with Gasteiger partial charge < -0.3 is 43.4 Å². The van der Waals surface area contributed by atoms with Gasteiger partial charge in [0.25, 0.3) is 0 Å². The first-order valence-electron chi connectivity index (χ1n) is 10.7. The first kappa shape index (κ1) is 23.3. The lowest BCUT2D eigenvalue weighted by molar-refractivity contribution is -0.267. The summed E-state index contributed by atoms with van der Waals surface area (Å²) in [7, 11) is 1.63. The van der Waals surface area contributed by atoms with Gasteiger partial charge >= 0.3 is 0 Å². The quantitative estimate of drug-likeness (QED) is 0.350. The molecular weight excluding hydrogens is 384 g/mol. The average molecular weight is 420 g/mol. The Labute approximate surface area is 172 Å². The van der Waals surface area contributed by atoms with Crippen LogP contribution in [0.4, 0.5) is 0 Å². The van der Waals surface area contributed by atoms with Crippen LogP contribution in [0.5, 0.6) is 0 Å². The van der Waals surface area contributed by atoms with E-state index in [2.05, 4.69) is 0 Å². The van der Waals surface area contributed by atoms with Gasteiger partial charge in [0, 0.05) is 25.9 Å². The number of aliphatic hydroxyl groups is 2. The van der Waals surface area contributed by atoms with Crippen LogP contribution in [0.25, 0.3) is 0 Å². The van der Waals surface area contributed by atoms with E-state index in [9.17, 15) is 10.2 Å². The monoisotopic (exact) mass is 420 g/mol. The molecule has 0 bridgehead atoms. The van der Waals surface area contributed by atoms with Crippen molar-refractivity contribution in [2.45, 2.75) is 75.7 Å². The molecule has 0 aromatic rings. The van der Waals surface area contributed by atoms with Gasteiger partial charge in [-0.05, 0) is 19.8 Å². The van der Waals surface area contributed by atoms with Gasteiger partial charge in [-0.3, -0.25) is 0 Å². The molecule has 9 nitrogen and oxygen atoms in total. The fourth-order valence-electron chi connectivity index (χ4n) is 4.26. The molecule has 1 unspecified atom stereocenters. The van der Waals surface area contributed by atoms with Crippen LogP contribution in [-0.4, -0.2) is 93.6 Å². The number of fused-ring (bicyclic) bond motifs is 1. The van der Waals surface area contributed by atoms with Crippen molar-refractivity contribution in [1.82, 2.24) is 0 Å². The molecule has 2 heterocycles. The molecule has 5 atom stereocenters. The molecule has 1 saturated carbocycles. The van der Waals surface area contributed by atoms with Crippen molar-refractivity contribution in [2.24, 2.45) is 5.92 Å². The van der Waals surface area contributed by atoms with E-state index in [0.29, 0.717) is 26.4 Å². The van der Waals surface area contributed by atoms with Crippen LogP contribution in [-0.2, 0) is 33.2 Å². The summed E-state index contributed by atoms with van der Waals surface area (Å²) < 4.78 is 40.7. The van der Waals surface area contributed by atoms with E-state index < -0.39 is 42.6 Å². The molecule has 29 heavy (non-hydrogen) atoms. The number of ether oxygens (including phenoxy) is 7. The zero-order valence-corrected chi connectivity index (χ0v) is 17.5. The van der Waals surface area contributed by atoms with E-state index in [1.165, 1.54) is 6.42 Å². The predicted octanol–water partition coefficient (Wildman–Crippen LogP) is 0.799. The van der Waals surface area contributed by atoms with Crippen LogP contribution in [0.3, 0.4) is 0 Å². The first-order valence-corrected chi connectivity index (χ1v) is 10.7. The first-order chi connectivity index (χ1) is 14.1. The molecule has 2 aliphatic heterocycles. The molecule has 3 aliphatic rings. The molecule has 1 spiro atoms. The number of hydrogen-bond donors (Lipinski definition) is 2. The van der Waals surface area contributed by atoms with Gasteiger partial charge in [0.15, 0.2) is 18.4 Å². The van der Waals surface area contributed by atoms with E-state index in [0.717, 1.165) is 25.7 Å². The highest BCUT2D eigenvalue weighted by Gasteiger charge is 2.59. The molecular formula is C20H36O9. The number of methoxy groups -OCH3 is 1. The summed E-state index contributed by atoms with van der Waals surface area (Å²) in [6.07, 6.45) is 2.45. The van der Waals surface area contributed by atoms with Crippen LogP contribution in [0, 0.1) is 5.92 Å². The third-order valence-electron chi connectivity index (χ3n) is 5.80. The topological polar surface area (TPSA) is 105 Å². The molecule has 3 rings (SSSR count). The Morgan fingerprint density at radius 2 is 1.72 bits per heavy atom. The lowest BCUT2D eigenvalue weighted by Crippen LogP contribution is -2.45. The van der Waals surface area contributed by atoms with Crippen molar-refractivity contribution in [3.05, 3.63) is 0 Å². The Kier molecular flexibility index (Phi) is 9.09. The third kappa shape index (κ3) is 5.87. The van der Waals surface area contributed by atoms with Crippen molar-refractivity contribution in [3.63, 3.8) is 0 Å². The van der Waals surface area contributed by atoms with Crippen molar-refractivity contribution in [1.29, 1.82) is 0 Å². The van der Waals surface area contributed by atoms with Crippen LogP contribution >= 0.6 is 0 Å². The SMILES string of the molecule is COCCOCCOC(C)O[C@@H]1[C@H]2OC3(CCCCC3)O[C@H]2O[C@@H]1C(CO)CO. The largest absolute Gasteiger partial charge is 0.396 e. The van der Waals surface area contributed by atoms with Crippen molar-refractivity contribution >= 4 is 0 Å². The van der Waals surface area contributed by atoms with Gasteiger partial charge in [0.05, 0.1) is 45.7 Å². The van der Waals surface area contributed by atoms with Gasteiger partial charge in [0.1, 0.15) is 12.2 Å². The van der Waals surface area contributed by atoms with Crippen molar-refractivity contribution in [2.75, 3.05) is 46.8 Å². The highest BCUT2D eigenvalue weighted by molar-refractivity contribution is 4.98. The second-order valence-corrected chi connectivity index (χ2v) is 7.91. The summed E-state index contributed by atoms with van der Waals surface area (Å²) in [5.74, 6) is -1.09. The molecule has 0 aromatic carbocycles. The van der Waals surface area contributed by atoms with E-state index in [1.807, 2.05) is 0 Å². The maximum absolute atomic E-state index is 9.65. The summed E-state index contributed by atoms with van der Waals surface area (Å²) in [6, 6.07) is 0. The van der Waals surface area contributed by atoms with E-state index in [1.54, 1.807) is 14.0 Å². The minimum absolute atomic E-state index is 0.214. The standard InChI is InChI=1S/C20H36O9/c1-14(25-11-10-24-9-8-23-2)26-17-16(15(12-21)13-22)27-19-18(17)28-20(29-19)6-4-3-5-7-20/h14-19,21-22H,3-13H2,1-2H3/t14?,16-,17+,18-,19-/m1/s1. The summed E-state index contributed by atoms with van der Waals surface area (Å²) in [4.78, 5) is 0. The Hall–Kier alpha value is -0.360. The highest BCUT2D eigenvalue weighted by atomic mass is 16.8. The molecule has 170 valence electrons. The third-order valence-corrected chi connectivity index (χ3v) is 5.80. The Bertz CT molecular complexity index is 467. The number of rotatable bonds is 12. The molecule has 1 aliphatic carbocycles. The lowest BCUT2D eigenvalue weighted by atomic mass is 9.94. The van der Waals surface area contributed by atoms with Crippen LogP contribution < -0.4 is 0 Å². The van der Waals surface area contributed by atoms with E-state index >= 15 is 0 Å². The van der Waals surface area contributed by atoms with E-state index in [-0.39, 0.29) is 13.2 Å². The molecule has 0 radical (unpaired) electrons. The lowest BCUT2D eigenvalue weighted by Gasteiger charge is -2.35. The second kappa shape index (κ2) is 11.3. The predicted molar refractivity (Wildman–Crippen MR) is 101 cm³/mol. The minimum Gasteiger partial charge on any atom is -0.396 e. The zero-order chi connectivity index (χ0) is 20.7. The second-order valence-electron chi connectivity index (χ2n) is 7.91. The van der Waals surface area contributed by atoms with Crippen LogP contribution in [0.15, 0.2) is 0 Å². The van der Waals surface area contributed by atoms with Gasteiger partial charge in [-0.25, -0.2) is 0 Å². The van der Waals surface area contributed by atoms with E-state index in [4.69, 9.17) is 33.2 Å². The molecule has 3 fully saturated rings. The van der Waals surface area contributed by atoms with Gasteiger partial charge in [0.2, 0.25) is 0 Å². The smallest absolute Gasteiger partial charge is 0.190 e. The van der Waals surface area contributed by atoms with Gasteiger partial charge in [-0.2, -0.15) is 0 Å². The maximum Gasteiger partial charge on any atom is 0.190 e. The summed E-state index contributed by atoms with van der Waals surface area (Å²) in [6.45, 7) is 3.24. The fourth-order valence-corrected chi connectivity index (χ4v) is 4.26. The minimum atomic E-state index is -0.604.